The monoisotopic (exact) mass is 580 g/mol. The zero-order valence-electron chi connectivity index (χ0n) is 21.6. The van der Waals surface area contributed by atoms with Crippen molar-refractivity contribution in [3.8, 4) is 0 Å². The van der Waals surface area contributed by atoms with E-state index in [0.717, 1.165) is 61.8 Å². The molecule has 6 N–H and O–H groups in total. The number of aliphatic imine (C=N–C) groups is 2. The summed E-state index contributed by atoms with van der Waals surface area (Å²) in [5, 5.41) is 17.9. The van der Waals surface area contributed by atoms with Gasteiger partial charge < -0.3 is 31.9 Å². The number of benzene rings is 3. The van der Waals surface area contributed by atoms with Crippen LogP contribution in [-0.4, -0.2) is 49.9 Å². The van der Waals surface area contributed by atoms with Crippen molar-refractivity contribution in [3.05, 3.63) is 82.9 Å². The van der Waals surface area contributed by atoms with Crippen LogP contribution in [0.4, 0.5) is 32.3 Å². The number of carbonyl (C=O) groups is 2. The number of nitrogens with zero attached hydrogens (tertiary/aromatic N) is 2. The lowest BCUT2D eigenvalue weighted by molar-refractivity contribution is 0.261. The minimum atomic E-state index is -0.436. The lowest BCUT2D eigenvalue weighted by Gasteiger charge is -2.15. The maximum absolute atomic E-state index is 12.5. The minimum Gasteiger partial charge on any atom is -0.370 e. The Labute approximate surface area is 243 Å². The van der Waals surface area contributed by atoms with Gasteiger partial charge in [-0.1, -0.05) is 11.6 Å². The van der Waals surface area contributed by atoms with E-state index in [9.17, 15) is 9.59 Å². The van der Waals surface area contributed by atoms with Gasteiger partial charge in [0.15, 0.2) is 0 Å². The fraction of sp³-hybridized carbons (Fsp3) is 0.214. The quantitative estimate of drug-likeness (QED) is 0.229. The van der Waals surface area contributed by atoms with Crippen molar-refractivity contribution in [1.29, 1.82) is 0 Å². The van der Waals surface area contributed by atoms with E-state index in [2.05, 4.69) is 41.9 Å². The van der Waals surface area contributed by atoms with Crippen molar-refractivity contribution in [2.75, 3.05) is 47.4 Å². The number of carbonyl (C=O) groups excluding carboxylic acids is 2. The standard InChI is InChI=1S/C28H29ClN8O2.ClH/c29-23-17-22(36-27(38)34-20-7-3-18(4-8-20)25-30-13-1-14-31-25)11-12-24(23)37-28(39)35-21-9-5-19(6-10-21)26-32-15-2-16-33-26;/h3-12,17H,1-2,13-16H2,(H,30,31)(H,32,33)(H2,34,36,38)(H2,35,37,39);1H. The van der Waals surface area contributed by atoms with Crippen LogP contribution in [0, 0.1) is 0 Å². The van der Waals surface area contributed by atoms with E-state index < -0.39 is 12.1 Å². The van der Waals surface area contributed by atoms with Gasteiger partial charge in [-0.2, -0.15) is 0 Å². The molecule has 2 heterocycles. The molecule has 0 aromatic heterocycles. The molecule has 12 heteroatoms. The number of hydrogen-bond acceptors (Lipinski definition) is 6. The molecule has 2 aliphatic heterocycles. The number of halogens is 2. The van der Waals surface area contributed by atoms with Crippen molar-refractivity contribution >= 4 is 70.5 Å². The molecular weight excluding hydrogens is 551 g/mol. The number of amides is 4. The van der Waals surface area contributed by atoms with Crippen LogP contribution in [0.1, 0.15) is 24.0 Å². The Morgan fingerprint density at radius 1 is 0.650 bits per heavy atom. The first-order valence-corrected chi connectivity index (χ1v) is 13.1. The van der Waals surface area contributed by atoms with Crippen molar-refractivity contribution < 1.29 is 9.59 Å². The van der Waals surface area contributed by atoms with Crippen molar-refractivity contribution in [2.24, 2.45) is 9.98 Å². The number of amidine groups is 2. The van der Waals surface area contributed by atoms with Crippen LogP contribution in [0.5, 0.6) is 0 Å². The van der Waals surface area contributed by atoms with E-state index >= 15 is 0 Å². The molecule has 0 saturated carbocycles. The van der Waals surface area contributed by atoms with Crippen LogP contribution >= 0.6 is 24.0 Å². The summed E-state index contributed by atoms with van der Waals surface area (Å²) in [6, 6.07) is 18.9. The first-order chi connectivity index (χ1) is 19.0. The molecule has 208 valence electrons. The number of rotatable bonds is 6. The smallest absolute Gasteiger partial charge is 0.323 e. The second kappa shape index (κ2) is 13.7. The Morgan fingerprint density at radius 3 is 1.55 bits per heavy atom. The highest BCUT2D eigenvalue weighted by atomic mass is 35.5. The second-order valence-electron chi connectivity index (χ2n) is 9.03. The summed E-state index contributed by atoms with van der Waals surface area (Å²) in [7, 11) is 0. The van der Waals surface area contributed by atoms with Crippen LogP contribution in [-0.2, 0) is 0 Å². The highest BCUT2D eigenvalue weighted by molar-refractivity contribution is 6.34. The highest BCUT2D eigenvalue weighted by Crippen LogP contribution is 2.26. The number of nitrogens with one attached hydrogen (secondary N) is 6. The topological polar surface area (TPSA) is 131 Å². The van der Waals surface area contributed by atoms with E-state index in [4.69, 9.17) is 11.6 Å². The summed E-state index contributed by atoms with van der Waals surface area (Å²) in [6.07, 6.45) is 2.06. The predicted molar refractivity (Wildman–Crippen MR) is 165 cm³/mol. The Morgan fingerprint density at radius 2 is 1.10 bits per heavy atom. The van der Waals surface area contributed by atoms with Gasteiger partial charge in [0.2, 0.25) is 0 Å². The van der Waals surface area contributed by atoms with E-state index in [1.54, 1.807) is 18.2 Å². The predicted octanol–water partition coefficient (Wildman–Crippen LogP) is 5.53. The molecule has 3 aromatic carbocycles. The first kappa shape index (κ1) is 28.7. The first-order valence-electron chi connectivity index (χ1n) is 12.8. The zero-order valence-corrected chi connectivity index (χ0v) is 23.2. The van der Waals surface area contributed by atoms with Gasteiger partial charge in [-0.3, -0.25) is 9.98 Å². The molecule has 0 spiro atoms. The van der Waals surface area contributed by atoms with Gasteiger partial charge in [-0.15, -0.1) is 12.4 Å². The van der Waals surface area contributed by atoms with E-state index in [1.165, 1.54) is 0 Å². The maximum atomic E-state index is 12.5. The van der Waals surface area contributed by atoms with E-state index in [1.807, 2.05) is 48.5 Å². The van der Waals surface area contributed by atoms with Crippen molar-refractivity contribution in [3.63, 3.8) is 0 Å². The largest absolute Gasteiger partial charge is 0.370 e. The van der Waals surface area contributed by atoms with Crippen LogP contribution < -0.4 is 31.9 Å². The molecule has 0 saturated heterocycles. The Balaban J connectivity index is 0.00000370. The summed E-state index contributed by atoms with van der Waals surface area (Å²) < 4.78 is 0. The van der Waals surface area contributed by atoms with Crippen LogP contribution in [0.25, 0.3) is 0 Å². The second-order valence-corrected chi connectivity index (χ2v) is 9.44. The summed E-state index contributed by atoms with van der Waals surface area (Å²) in [6.45, 7) is 3.44. The van der Waals surface area contributed by atoms with Crippen molar-refractivity contribution in [2.45, 2.75) is 12.8 Å². The van der Waals surface area contributed by atoms with E-state index in [-0.39, 0.29) is 17.4 Å². The molecule has 5 rings (SSSR count). The highest BCUT2D eigenvalue weighted by Gasteiger charge is 2.11. The van der Waals surface area contributed by atoms with Gasteiger partial charge in [0.05, 0.1) is 10.7 Å². The molecule has 40 heavy (non-hydrogen) atoms. The van der Waals surface area contributed by atoms with Gasteiger partial charge >= 0.3 is 12.1 Å². The van der Waals surface area contributed by atoms with Crippen LogP contribution in [0.15, 0.2) is 76.7 Å². The van der Waals surface area contributed by atoms with Gasteiger partial charge in [0.25, 0.3) is 0 Å². The maximum Gasteiger partial charge on any atom is 0.323 e. The molecular formula is C28H30Cl2N8O2. The average Bonchev–Trinajstić information content (AvgIpc) is 2.96. The summed E-state index contributed by atoms with van der Waals surface area (Å²) in [4.78, 5) is 33.9. The molecule has 3 aromatic rings. The molecule has 0 unspecified atom stereocenters. The molecule has 0 bridgehead atoms. The third-order valence-corrected chi connectivity index (χ3v) is 6.41. The number of urea groups is 2. The Bertz CT molecular complexity index is 1410. The minimum absolute atomic E-state index is 0. The lowest BCUT2D eigenvalue weighted by atomic mass is 10.1. The van der Waals surface area contributed by atoms with Gasteiger partial charge in [0, 0.05) is 54.4 Å². The summed E-state index contributed by atoms with van der Waals surface area (Å²) in [5.74, 6) is 1.74. The summed E-state index contributed by atoms with van der Waals surface area (Å²) >= 11 is 6.37. The number of hydrogen-bond donors (Lipinski definition) is 6. The number of anilines is 4. The molecule has 0 fully saturated rings. The zero-order chi connectivity index (χ0) is 27.0. The molecule has 2 aliphatic rings. The molecule has 0 atom stereocenters. The average molecular weight is 582 g/mol. The van der Waals surface area contributed by atoms with Crippen LogP contribution in [0.2, 0.25) is 5.02 Å². The Hall–Kier alpha value is -4.28. The fourth-order valence-electron chi connectivity index (χ4n) is 4.15. The summed E-state index contributed by atoms with van der Waals surface area (Å²) in [5.41, 5.74) is 4.12. The normalized spacial score (nSPS) is 14.2. The van der Waals surface area contributed by atoms with Gasteiger partial charge in [-0.25, -0.2) is 9.59 Å². The van der Waals surface area contributed by atoms with Gasteiger partial charge in [0.1, 0.15) is 11.7 Å². The van der Waals surface area contributed by atoms with Crippen molar-refractivity contribution in [1.82, 2.24) is 10.6 Å². The molecule has 0 aliphatic carbocycles. The fourth-order valence-corrected chi connectivity index (χ4v) is 4.37. The molecule has 0 radical (unpaired) electrons. The Kier molecular flexibility index (Phi) is 9.82. The molecule has 4 amide bonds. The SMILES string of the molecule is Cl.O=C(Nc1ccc(C2=NCCCN2)cc1)Nc1ccc(NC(=O)Nc2ccc(C3=NCCCN3)cc2)c(Cl)c1. The third-order valence-electron chi connectivity index (χ3n) is 6.10. The lowest BCUT2D eigenvalue weighted by Crippen LogP contribution is -2.30. The van der Waals surface area contributed by atoms with Gasteiger partial charge in [-0.05, 0) is 79.6 Å². The third kappa shape index (κ3) is 7.64. The molecule has 10 nitrogen and oxygen atoms in total. The van der Waals surface area contributed by atoms with Crippen LogP contribution in [0.3, 0.4) is 0 Å². The van der Waals surface area contributed by atoms with E-state index in [0.29, 0.717) is 22.7 Å².